The van der Waals surface area contributed by atoms with Gasteiger partial charge in [0.25, 0.3) is 0 Å². The zero-order valence-electron chi connectivity index (χ0n) is 9.06. The lowest BCUT2D eigenvalue weighted by Crippen LogP contribution is -2.29. The van der Waals surface area contributed by atoms with Gasteiger partial charge in [0.05, 0.1) is 12.0 Å². The molecule has 3 aliphatic carbocycles. The molecule has 2 bridgehead atoms. The minimum atomic E-state index is -0.585. The lowest BCUT2D eigenvalue weighted by molar-refractivity contribution is -0.141. The quantitative estimate of drug-likeness (QED) is 0.755. The monoisotopic (exact) mass is 210 g/mol. The molecule has 6 unspecified atom stereocenters. The summed E-state index contributed by atoms with van der Waals surface area (Å²) in [4.78, 5) is 11.0. The lowest BCUT2D eigenvalue weighted by atomic mass is 9.80. The Balaban J connectivity index is 1.76. The number of aliphatic carboxylic acids is 1. The summed E-state index contributed by atoms with van der Waals surface area (Å²) in [5, 5.41) is 9.05. The number of rotatable bonds is 2. The number of methoxy groups -OCH3 is 1. The van der Waals surface area contributed by atoms with Crippen LogP contribution in [0.15, 0.2) is 0 Å². The van der Waals surface area contributed by atoms with Gasteiger partial charge >= 0.3 is 5.97 Å². The largest absolute Gasteiger partial charge is 0.481 e. The second-order valence-electron chi connectivity index (χ2n) is 5.50. The summed E-state index contributed by atoms with van der Waals surface area (Å²) in [6.45, 7) is 0. The molecule has 0 saturated heterocycles. The van der Waals surface area contributed by atoms with Crippen LogP contribution in [0.3, 0.4) is 0 Å². The smallest absolute Gasteiger partial charge is 0.306 e. The molecule has 1 N–H and O–H groups in total. The van der Waals surface area contributed by atoms with Gasteiger partial charge in [-0.25, -0.2) is 0 Å². The van der Waals surface area contributed by atoms with Crippen molar-refractivity contribution in [2.75, 3.05) is 7.11 Å². The van der Waals surface area contributed by atoms with Gasteiger partial charge in [0.2, 0.25) is 0 Å². The molecule has 0 amide bonds. The number of ether oxygens (including phenoxy) is 1. The van der Waals surface area contributed by atoms with Crippen LogP contribution in [0.1, 0.15) is 25.7 Å². The van der Waals surface area contributed by atoms with E-state index in [9.17, 15) is 4.79 Å². The molecule has 0 heterocycles. The molecule has 84 valence electrons. The van der Waals surface area contributed by atoms with Crippen molar-refractivity contribution in [1.29, 1.82) is 0 Å². The van der Waals surface area contributed by atoms with Gasteiger partial charge in [-0.1, -0.05) is 0 Å². The number of fused-ring (bicyclic) bond motifs is 5. The predicted molar refractivity (Wildman–Crippen MR) is 54.4 cm³/mol. The van der Waals surface area contributed by atoms with Gasteiger partial charge in [0.15, 0.2) is 0 Å². The SMILES string of the molecule is COC1CC2CC1C1CC(C(=O)O)CC21. The molecule has 3 heteroatoms. The zero-order valence-corrected chi connectivity index (χ0v) is 9.06. The normalized spacial score (nSPS) is 52.1. The number of carboxylic acid groups (broad SMARTS) is 1. The van der Waals surface area contributed by atoms with E-state index in [0.717, 1.165) is 18.8 Å². The highest BCUT2D eigenvalue weighted by Gasteiger charge is 2.57. The fraction of sp³-hybridized carbons (Fsp3) is 0.917. The number of carboxylic acids is 1. The Kier molecular flexibility index (Phi) is 2.06. The van der Waals surface area contributed by atoms with E-state index in [0.29, 0.717) is 23.9 Å². The summed E-state index contributed by atoms with van der Waals surface area (Å²) in [5.74, 6) is 2.11. The van der Waals surface area contributed by atoms with Gasteiger partial charge in [0, 0.05) is 7.11 Å². The van der Waals surface area contributed by atoms with Crippen LogP contribution in [-0.2, 0) is 9.53 Å². The van der Waals surface area contributed by atoms with E-state index in [-0.39, 0.29) is 5.92 Å². The van der Waals surface area contributed by atoms with Gasteiger partial charge in [-0.15, -0.1) is 0 Å². The van der Waals surface area contributed by atoms with Gasteiger partial charge in [0.1, 0.15) is 0 Å². The third-order valence-electron chi connectivity index (χ3n) is 5.06. The first-order valence-corrected chi connectivity index (χ1v) is 5.96. The van der Waals surface area contributed by atoms with E-state index in [1.54, 1.807) is 7.11 Å². The molecule has 0 aromatic rings. The molecule has 0 spiro atoms. The van der Waals surface area contributed by atoms with E-state index in [1.807, 2.05) is 0 Å². The Morgan fingerprint density at radius 1 is 1.13 bits per heavy atom. The van der Waals surface area contributed by atoms with Crippen molar-refractivity contribution in [3.63, 3.8) is 0 Å². The number of hydrogen-bond donors (Lipinski definition) is 1. The molecule has 3 rings (SSSR count). The van der Waals surface area contributed by atoms with Gasteiger partial charge < -0.3 is 9.84 Å². The lowest BCUT2D eigenvalue weighted by Gasteiger charge is -2.30. The van der Waals surface area contributed by atoms with E-state index < -0.39 is 5.97 Å². The molecule has 0 aromatic heterocycles. The Bertz CT molecular complexity index is 287. The summed E-state index contributed by atoms with van der Waals surface area (Å²) < 4.78 is 5.50. The first kappa shape index (κ1) is 9.64. The molecule has 3 fully saturated rings. The molecule has 0 aliphatic heterocycles. The second kappa shape index (κ2) is 3.21. The van der Waals surface area contributed by atoms with Crippen molar-refractivity contribution in [2.45, 2.75) is 31.8 Å². The molecule has 3 saturated carbocycles. The van der Waals surface area contributed by atoms with Crippen LogP contribution in [0.5, 0.6) is 0 Å². The molecule has 0 radical (unpaired) electrons. The molecule has 0 aromatic carbocycles. The highest BCUT2D eigenvalue weighted by Crippen LogP contribution is 2.60. The maximum absolute atomic E-state index is 11.0. The van der Waals surface area contributed by atoms with Crippen molar-refractivity contribution in [2.24, 2.45) is 29.6 Å². The molecule has 15 heavy (non-hydrogen) atoms. The highest BCUT2D eigenvalue weighted by atomic mass is 16.5. The van der Waals surface area contributed by atoms with Crippen LogP contribution >= 0.6 is 0 Å². The van der Waals surface area contributed by atoms with Crippen LogP contribution in [0.2, 0.25) is 0 Å². The van der Waals surface area contributed by atoms with Crippen molar-refractivity contribution in [1.82, 2.24) is 0 Å². The van der Waals surface area contributed by atoms with E-state index >= 15 is 0 Å². The Hall–Kier alpha value is -0.570. The fourth-order valence-corrected chi connectivity index (χ4v) is 4.48. The average Bonchev–Trinajstić information content (AvgIpc) is 2.87. The molecular weight excluding hydrogens is 192 g/mol. The van der Waals surface area contributed by atoms with Crippen LogP contribution in [-0.4, -0.2) is 24.3 Å². The van der Waals surface area contributed by atoms with Crippen molar-refractivity contribution >= 4 is 5.97 Å². The highest BCUT2D eigenvalue weighted by molar-refractivity contribution is 5.70. The van der Waals surface area contributed by atoms with E-state index in [1.165, 1.54) is 12.8 Å². The Morgan fingerprint density at radius 3 is 2.53 bits per heavy atom. The van der Waals surface area contributed by atoms with Crippen LogP contribution in [0, 0.1) is 29.6 Å². The van der Waals surface area contributed by atoms with Crippen molar-refractivity contribution < 1.29 is 14.6 Å². The summed E-state index contributed by atoms with van der Waals surface area (Å²) in [6.07, 6.45) is 4.72. The summed E-state index contributed by atoms with van der Waals surface area (Å²) in [6, 6.07) is 0. The maximum Gasteiger partial charge on any atom is 0.306 e. The predicted octanol–water partition coefficient (Wildman–Crippen LogP) is 1.77. The maximum atomic E-state index is 11.0. The Morgan fingerprint density at radius 2 is 1.87 bits per heavy atom. The summed E-state index contributed by atoms with van der Waals surface area (Å²) in [7, 11) is 1.80. The molecule has 6 atom stereocenters. The van der Waals surface area contributed by atoms with Crippen molar-refractivity contribution in [3.8, 4) is 0 Å². The third-order valence-corrected chi connectivity index (χ3v) is 5.06. The van der Waals surface area contributed by atoms with Gasteiger partial charge in [-0.05, 0) is 49.4 Å². The van der Waals surface area contributed by atoms with E-state index in [2.05, 4.69) is 0 Å². The minimum Gasteiger partial charge on any atom is -0.481 e. The second-order valence-corrected chi connectivity index (χ2v) is 5.50. The first-order valence-electron chi connectivity index (χ1n) is 5.96. The third kappa shape index (κ3) is 1.25. The topological polar surface area (TPSA) is 46.5 Å². The fourth-order valence-electron chi connectivity index (χ4n) is 4.48. The Labute approximate surface area is 89.8 Å². The van der Waals surface area contributed by atoms with Crippen molar-refractivity contribution in [3.05, 3.63) is 0 Å². The average molecular weight is 210 g/mol. The van der Waals surface area contributed by atoms with Crippen LogP contribution in [0.4, 0.5) is 0 Å². The molecule has 3 nitrogen and oxygen atoms in total. The van der Waals surface area contributed by atoms with Crippen LogP contribution in [0.25, 0.3) is 0 Å². The summed E-state index contributed by atoms with van der Waals surface area (Å²) in [5.41, 5.74) is 0. The number of hydrogen-bond acceptors (Lipinski definition) is 2. The number of carbonyl (C=O) groups is 1. The standard InChI is InChI=1S/C12H18O3/c1-15-11-5-6-2-10(11)9-4-7(12(13)14)3-8(6)9/h6-11H,2-5H2,1H3,(H,13,14). The molecule has 3 aliphatic rings. The summed E-state index contributed by atoms with van der Waals surface area (Å²) >= 11 is 0. The molecular formula is C12H18O3. The zero-order chi connectivity index (χ0) is 10.6. The van der Waals surface area contributed by atoms with Gasteiger partial charge in [-0.2, -0.15) is 0 Å². The minimum absolute atomic E-state index is 0.0686. The first-order chi connectivity index (χ1) is 7.20. The van der Waals surface area contributed by atoms with Crippen LogP contribution < -0.4 is 0 Å². The van der Waals surface area contributed by atoms with E-state index in [4.69, 9.17) is 9.84 Å². The van der Waals surface area contributed by atoms with Gasteiger partial charge in [-0.3, -0.25) is 4.79 Å².